The van der Waals surface area contributed by atoms with Crippen molar-refractivity contribution in [3.8, 4) is 0 Å². The minimum atomic E-state index is -0.694. The van der Waals surface area contributed by atoms with Gasteiger partial charge in [0.1, 0.15) is 17.6 Å². The standard InChI is InChI=1S/C32H39N5O4/c1-18(2)30(38)40-27-25(37-15-12-22-23(33)11-14-35-29(22)37)17-32(5,28(27)41-31(39)19(3)4)13-10-20-6-8-24-21(16-20)7-9-26(34)36-24/h6-9,11-12,14-16,18-19,25,27-28H,10,13,17H2,1-5H3,(H2,33,35)(H2,34,36)/t25-,27+,28+,32+/m1/s1. The normalized spacial score (nSPS) is 22.6. The molecule has 0 radical (unpaired) electrons. The van der Waals surface area contributed by atoms with E-state index in [2.05, 4.69) is 29.0 Å². The van der Waals surface area contributed by atoms with Gasteiger partial charge < -0.3 is 25.5 Å². The summed E-state index contributed by atoms with van der Waals surface area (Å²) >= 11 is 0. The lowest BCUT2D eigenvalue weighted by molar-refractivity contribution is -0.177. The zero-order chi connectivity index (χ0) is 29.5. The summed E-state index contributed by atoms with van der Waals surface area (Å²) in [6.07, 6.45) is 4.33. The van der Waals surface area contributed by atoms with Crippen molar-refractivity contribution in [3.05, 3.63) is 60.4 Å². The van der Waals surface area contributed by atoms with E-state index in [9.17, 15) is 9.59 Å². The second-order valence-corrected chi connectivity index (χ2v) is 12.1. The van der Waals surface area contributed by atoms with Gasteiger partial charge in [0, 0.05) is 34.3 Å². The van der Waals surface area contributed by atoms with E-state index in [1.807, 2.05) is 42.8 Å². The van der Waals surface area contributed by atoms with E-state index in [1.165, 1.54) is 0 Å². The molecule has 3 heterocycles. The first-order valence-corrected chi connectivity index (χ1v) is 14.2. The molecule has 1 aliphatic carbocycles. The van der Waals surface area contributed by atoms with E-state index in [-0.39, 0.29) is 29.8 Å². The van der Waals surface area contributed by atoms with Crippen LogP contribution in [0.15, 0.2) is 54.9 Å². The number of carbonyl (C=O) groups is 2. The number of aromatic nitrogens is 3. The van der Waals surface area contributed by atoms with Gasteiger partial charge in [0.2, 0.25) is 0 Å². The first-order valence-electron chi connectivity index (χ1n) is 14.2. The molecule has 1 saturated carbocycles. The average Bonchev–Trinajstić information content (AvgIpc) is 3.47. The minimum absolute atomic E-state index is 0.303. The number of hydrogen-bond acceptors (Lipinski definition) is 8. The molecule has 1 aromatic carbocycles. The van der Waals surface area contributed by atoms with Crippen molar-refractivity contribution in [1.29, 1.82) is 0 Å². The maximum absolute atomic E-state index is 13.0. The lowest BCUT2D eigenvalue weighted by atomic mass is 9.80. The fourth-order valence-electron chi connectivity index (χ4n) is 5.81. The highest BCUT2D eigenvalue weighted by Crippen LogP contribution is 2.51. The van der Waals surface area contributed by atoms with Crippen molar-refractivity contribution >= 4 is 45.4 Å². The molecule has 0 saturated heterocycles. The lowest BCUT2D eigenvalue weighted by Crippen LogP contribution is -2.43. The van der Waals surface area contributed by atoms with E-state index in [1.54, 1.807) is 32.2 Å². The molecule has 4 N–H and O–H groups in total. The zero-order valence-corrected chi connectivity index (χ0v) is 24.3. The number of hydrogen-bond donors (Lipinski definition) is 2. The molecule has 0 aliphatic heterocycles. The monoisotopic (exact) mass is 557 g/mol. The lowest BCUT2D eigenvalue weighted by Gasteiger charge is -2.34. The van der Waals surface area contributed by atoms with Gasteiger partial charge in [-0.3, -0.25) is 9.59 Å². The van der Waals surface area contributed by atoms with Gasteiger partial charge in [0.15, 0.2) is 6.10 Å². The fourth-order valence-corrected chi connectivity index (χ4v) is 5.81. The Hall–Kier alpha value is -4.14. The number of nitrogen functional groups attached to an aromatic ring is 2. The first kappa shape index (κ1) is 28.4. The van der Waals surface area contributed by atoms with Crippen LogP contribution in [0.1, 0.15) is 59.1 Å². The van der Waals surface area contributed by atoms with Crippen LogP contribution < -0.4 is 11.5 Å². The highest BCUT2D eigenvalue weighted by molar-refractivity contribution is 5.88. The van der Waals surface area contributed by atoms with Crippen molar-refractivity contribution < 1.29 is 19.1 Å². The van der Waals surface area contributed by atoms with E-state index in [0.717, 1.165) is 28.3 Å². The molecule has 41 heavy (non-hydrogen) atoms. The van der Waals surface area contributed by atoms with Crippen LogP contribution >= 0.6 is 0 Å². The topological polar surface area (TPSA) is 135 Å². The van der Waals surface area contributed by atoms with Gasteiger partial charge in [0.05, 0.1) is 23.4 Å². The van der Waals surface area contributed by atoms with Crippen molar-refractivity contribution in [1.82, 2.24) is 14.5 Å². The van der Waals surface area contributed by atoms with Crippen molar-refractivity contribution in [3.63, 3.8) is 0 Å². The number of anilines is 2. The maximum atomic E-state index is 13.0. The van der Waals surface area contributed by atoms with Gasteiger partial charge in [-0.05, 0) is 61.2 Å². The molecular weight excluding hydrogens is 518 g/mol. The van der Waals surface area contributed by atoms with Crippen LogP contribution in [0.2, 0.25) is 0 Å². The number of fused-ring (bicyclic) bond motifs is 2. The Morgan fingerprint density at radius 2 is 1.76 bits per heavy atom. The number of nitrogens with two attached hydrogens (primary N) is 2. The molecule has 9 heteroatoms. The van der Waals surface area contributed by atoms with Crippen LogP contribution in [-0.4, -0.2) is 38.7 Å². The van der Waals surface area contributed by atoms with Crippen LogP contribution in [0.4, 0.5) is 11.5 Å². The van der Waals surface area contributed by atoms with Crippen molar-refractivity contribution in [2.45, 2.75) is 72.1 Å². The Balaban J connectivity index is 1.53. The number of nitrogens with zero attached hydrogens (tertiary/aromatic N) is 3. The van der Waals surface area contributed by atoms with Crippen LogP contribution in [0.25, 0.3) is 21.9 Å². The second-order valence-electron chi connectivity index (χ2n) is 12.1. The Kier molecular flexibility index (Phi) is 7.64. The molecule has 5 rings (SSSR count). The largest absolute Gasteiger partial charge is 0.458 e. The zero-order valence-electron chi connectivity index (χ0n) is 24.3. The second kappa shape index (κ2) is 11.0. The SMILES string of the molecule is CC(C)C(=O)O[C@H]1[C@H](n2ccc3c(N)ccnc32)C[C@](C)(CCc2ccc3nc(N)ccc3c2)[C@H]1OC(=O)C(C)C. The van der Waals surface area contributed by atoms with Crippen LogP contribution in [-0.2, 0) is 25.5 Å². The summed E-state index contributed by atoms with van der Waals surface area (Å²) in [4.78, 5) is 35.1. The van der Waals surface area contributed by atoms with Crippen molar-refractivity contribution in [2.75, 3.05) is 11.5 Å². The summed E-state index contributed by atoms with van der Waals surface area (Å²) in [6.45, 7) is 9.34. The number of pyridine rings is 2. The Morgan fingerprint density at radius 1 is 1.02 bits per heavy atom. The first-order chi connectivity index (χ1) is 19.5. The molecule has 0 bridgehead atoms. The van der Waals surface area contributed by atoms with Crippen molar-refractivity contribution in [2.24, 2.45) is 17.3 Å². The van der Waals surface area contributed by atoms with Crippen LogP contribution in [0, 0.1) is 17.3 Å². The molecule has 1 aliphatic rings. The predicted molar refractivity (Wildman–Crippen MR) is 160 cm³/mol. The van der Waals surface area contributed by atoms with Gasteiger partial charge in [-0.1, -0.05) is 40.7 Å². The number of aryl methyl sites for hydroxylation is 1. The van der Waals surface area contributed by atoms with Gasteiger partial charge in [0.25, 0.3) is 0 Å². The Morgan fingerprint density at radius 3 is 2.49 bits per heavy atom. The molecule has 4 aromatic rings. The quantitative estimate of drug-likeness (QED) is 0.272. The summed E-state index contributed by atoms with van der Waals surface area (Å²) in [7, 11) is 0. The number of rotatable bonds is 8. The number of ether oxygens (including phenoxy) is 2. The van der Waals surface area contributed by atoms with E-state index in [0.29, 0.717) is 30.0 Å². The summed E-state index contributed by atoms with van der Waals surface area (Å²) in [5, 5.41) is 1.84. The molecule has 1 fully saturated rings. The summed E-state index contributed by atoms with van der Waals surface area (Å²) in [5.41, 5.74) is 14.9. The third-order valence-electron chi connectivity index (χ3n) is 8.24. The third-order valence-corrected chi connectivity index (χ3v) is 8.24. The summed E-state index contributed by atoms with van der Waals surface area (Å²) < 4.78 is 14.4. The number of benzene rings is 1. The van der Waals surface area contributed by atoms with E-state index in [4.69, 9.17) is 20.9 Å². The molecular formula is C32H39N5O4. The minimum Gasteiger partial charge on any atom is -0.458 e. The molecule has 3 aromatic heterocycles. The van der Waals surface area contributed by atoms with Gasteiger partial charge in [-0.25, -0.2) is 9.97 Å². The fraction of sp³-hybridized carbons (Fsp3) is 0.438. The van der Waals surface area contributed by atoms with Crippen LogP contribution in [0.3, 0.4) is 0 Å². The highest BCUT2D eigenvalue weighted by Gasteiger charge is 2.56. The average molecular weight is 558 g/mol. The Labute approximate surface area is 240 Å². The molecule has 0 amide bonds. The highest BCUT2D eigenvalue weighted by atomic mass is 16.6. The molecule has 216 valence electrons. The van der Waals surface area contributed by atoms with Gasteiger partial charge >= 0.3 is 11.9 Å². The van der Waals surface area contributed by atoms with E-state index >= 15 is 0 Å². The van der Waals surface area contributed by atoms with E-state index < -0.39 is 17.6 Å². The number of esters is 2. The molecule has 4 atom stereocenters. The summed E-state index contributed by atoms with van der Waals surface area (Å²) in [5.74, 6) is -0.824. The van der Waals surface area contributed by atoms with Gasteiger partial charge in [-0.15, -0.1) is 0 Å². The molecule has 0 unspecified atom stereocenters. The Bertz CT molecular complexity index is 1600. The predicted octanol–water partition coefficient (Wildman–Crippen LogP) is 5.47. The molecule has 9 nitrogen and oxygen atoms in total. The maximum Gasteiger partial charge on any atom is 0.308 e. The third kappa shape index (κ3) is 5.58. The molecule has 0 spiro atoms. The summed E-state index contributed by atoms with van der Waals surface area (Å²) in [6, 6.07) is 13.3. The van der Waals surface area contributed by atoms with Gasteiger partial charge in [-0.2, -0.15) is 0 Å². The van der Waals surface area contributed by atoms with Crippen LogP contribution in [0.5, 0.6) is 0 Å². The number of carbonyl (C=O) groups excluding carboxylic acids is 2. The smallest absolute Gasteiger partial charge is 0.308 e.